The third kappa shape index (κ3) is 3.31. The molecule has 0 atom stereocenters. The predicted octanol–water partition coefficient (Wildman–Crippen LogP) is 1.41. The summed E-state index contributed by atoms with van der Waals surface area (Å²) in [6, 6.07) is 6.31. The Bertz CT molecular complexity index is 655. The van der Waals surface area contributed by atoms with E-state index in [4.69, 9.17) is 5.73 Å². The van der Waals surface area contributed by atoms with Crippen LogP contribution in [0.3, 0.4) is 0 Å². The molecule has 2 aromatic rings. The molecule has 0 aliphatic heterocycles. The molecule has 4 N–H and O–H groups in total. The summed E-state index contributed by atoms with van der Waals surface area (Å²) in [6.45, 7) is 0.275. The van der Waals surface area contributed by atoms with Gasteiger partial charge in [0.2, 0.25) is 0 Å². The van der Waals surface area contributed by atoms with Crippen LogP contribution in [-0.2, 0) is 0 Å². The minimum absolute atomic E-state index is 0.0697. The Hall–Kier alpha value is -2.36. The Kier molecular flexibility index (Phi) is 4.13. The van der Waals surface area contributed by atoms with Gasteiger partial charge in [0.25, 0.3) is 5.91 Å². The largest absolute Gasteiger partial charge is 0.507 e. The summed E-state index contributed by atoms with van der Waals surface area (Å²) >= 11 is 1.25. The number of amides is 1. The van der Waals surface area contributed by atoms with Crippen molar-refractivity contribution in [2.45, 2.75) is 0 Å². The molecule has 0 saturated heterocycles. The third-order valence-corrected chi connectivity index (χ3v) is 3.02. The Labute approximate surface area is 114 Å². The van der Waals surface area contributed by atoms with Gasteiger partial charge in [-0.05, 0) is 12.1 Å². The van der Waals surface area contributed by atoms with E-state index in [2.05, 4.69) is 22.1 Å². The lowest BCUT2D eigenvalue weighted by atomic mass is 10.2. The van der Waals surface area contributed by atoms with Crippen molar-refractivity contribution in [2.75, 3.05) is 11.9 Å². The van der Waals surface area contributed by atoms with Crippen molar-refractivity contribution in [3.05, 3.63) is 40.9 Å². The van der Waals surface area contributed by atoms with Gasteiger partial charge in [0.05, 0.1) is 23.2 Å². The molecule has 0 spiro atoms. The molecule has 2 rings (SSSR count). The van der Waals surface area contributed by atoms with Crippen LogP contribution in [0.25, 0.3) is 0 Å². The molecule has 6 heteroatoms. The molecule has 5 nitrogen and oxygen atoms in total. The first-order chi connectivity index (χ1) is 9.20. The van der Waals surface area contributed by atoms with Crippen LogP contribution in [-0.4, -0.2) is 22.5 Å². The molecular weight excluding hydrogens is 262 g/mol. The zero-order chi connectivity index (χ0) is 13.7. The number of anilines is 1. The molecule has 0 fully saturated rings. The minimum Gasteiger partial charge on any atom is -0.507 e. The second-order valence-corrected chi connectivity index (χ2v) is 4.54. The maximum absolute atomic E-state index is 11.9. The van der Waals surface area contributed by atoms with Crippen LogP contribution in [0.5, 0.6) is 5.75 Å². The summed E-state index contributed by atoms with van der Waals surface area (Å²) in [4.78, 5) is 16.6. The molecule has 0 radical (unpaired) electrons. The van der Waals surface area contributed by atoms with Crippen molar-refractivity contribution in [1.29, 1.82) is 0 Å². The maximum atomic E-state index is 11.9. The number of phenols is 1. The van der Waals surface area contributed by atoms with Gasteiger partial charge < -0.3 is 10.8 Å². The highest BCUT2D eigenvalue weighted by molar-refractivity contribution is 7.16. The van der Waals surface area contributed by atoms with Gasteiger partial charge in [-0.15, -0.1) is 0 Å². The van der Waals surface area contributed by atoms with Gasteiger partial charge in [0.1, 0.15) is 5.75 Å². The summed E-state index contributed by atoms with van der Waals surface area (Å²) in [5.74, 6) is 5.06. The van der Waals surface area contributed by atoms with Crippen LogP contribution in [0.4, 0.5) is 5.13 Å². The van der Waals surface area contributed by atoms with Crippen LogP contribution in [0.15, 0.2) is 30.5 Å². The Balaban J connectivity index is 2.11. The number of carbonyl (C=O) groups excluding carboxylic acids is 1. The molecule has 19 heavy (non-hydrogen) atoms. The zero-order valence-electron chi connectivity index (χ0n) is 9.88. The van der Waals surface area contributed by atoms with E-state index in [0.29, 0.717) is 5.13 Å². The van der Waals surface area contributed by atoms with E-state index < -0.39 is 5.91 Å². The summed E-state index contributed by atoms with van der Waals surface area (Å²) < 4.78 is 0. The number of aromatic hydroxyl groups is 1. The third-order valence-electron chi connectivity index (χ3n) is 2.19. The number of aromatic nitrogens is 1. The van der Waals surface area contributed by atoms with Crippen LogP contribution < -0.4 is 11.1 Å². The summed E-state index contributed by atoms with van der Waals surface area (Å²) in [7, 11) is 0. The average Bonchev–Trinajstić information content (AvgIpc) is 2.84. The van der Waals surface area contributed by atoms with Crippen molar-refractivity contribution >= 4 is 22.4 Å². The van der Waals surface area contributed by atoms with Gasteiger partial charge >= 0.3 is 0 Å². The van der Waals surface area contributed by atoms with Gasteiger partial charge in [-0.3, -0.25) is 10.1 Å². The summed E-state index contributed by atoms with van der Waals surface area (Å²) in [5.41, 5.74) is 5.47. The number of benzene rings is 1. The van der Waals surface area contributed by atoms with Gasteiger partial charge in [-0.25, -0.2) is 4.98 Å². The molecule has 1 aromatic heterocycles. The second-order valence-electron chi connectivity index (χ2n) is 3.51. The highest BCUT2D eigenvalue weighted by Crippen LogP contribution is 2.20. The van der Waals surface area contributed by atoms with Gasteiger partial charge in [-0.2, -0.15) is 0 Å². The van der Waals surface area contributed by atoms with Gasteiger partial charge in [-0.1, -0.05) is 35.3 Å². The van der Waals surface area contributed by atoms with Crippen LogP contribution in [0.1, 0.15) is 15.2 Å². The number of thiazole rings is 1. The van der Waals surface area contributed by atoms with Crippen molar-refractivity contribution in [1.82, 2.24) is 4.98 Å². The first-order valence-corrected chi connectivity index (χ1v) is 6.26. The normalized spacial score (nSPS) is 9.53. The molecule has 1 heterocycles. The number of nitrogens with one attached hydrogen (secondary N) is 1. The number of nitrogens with two attached hydrogens (primary N) is 1. The SMILES string of the molecule is NCC#Cc1cnc(NC(=O)c2ccccc2O)s1. The lowest BCUT2D eigenvalue weighted by Gasteiger charge is -2.03. The predicted molar refractivity (Wildman–Crippen MR) is 74.1 cm³/mol. The number of hydrogen-bond acceptors (Lipinski definition) is 5. The maximum Gasteiger partial charge on any atom is 0.261 e. The lowest BCUT2D eigenvalue weighted by Crippen LogP contribution is -2.11. The molecular formula is C13H11N3O2S. The fourth-order valence-corrected chi connectivity index (χ4v) is 2.04. The molecule has 96 valence electrons. The number of phenolic OH excluding ortho intramolecular Hbond substituents is 1. The Morgan fingerprint density at radius 3 is 3.00 bits per heavy atom. The highest BCUT2D eigenvalue weighted by atomic mass is 32.1. The standard InChI is InChI=1S/C13H11N3O2S/c14-7-3-4-9-8-15-13(19-9)16-12(18)10-5-1-2-6-11(10)17/h1-2,5-6,8,17H,7,14H2,(H,15,16,18). The molecule has 0 bridgehead atoms. The number of nitrogens with zero attached hydrogens (tertiary/aromatic N) is 1. The van der Waals surface area contributed by atoms with E-state index in [1.807, 2.05) is 0 Å². The van der Waals surface area contributed by atoms with E-state index in [1.165, 1.54) is 23.5 Å². The topological polar surface area (TPSA) is 88.2 Å². The Morgan fingerprint density at radius 1 is 1.47 bits per heavy atom. The number of carbonyl (C=O) groups is 1. The van der Waals surface area contributed by atoms with E-state index in [0.717, 1.165) is 4.88 Å². The van der Waals surface area contributed by atoms with Crippen LogP contribution in [0.2, 0.25) is 0 Å². The van der Waals surface area contributed by atoms with E-state index in [-0.39, 0.29) is 17.9 Å². The molecule has 0 saturated carbocycles. The monoisotopic (exact) mass is 273 g/mol. The quantitative estimate of drug-likeness (QED) is 0.722. The first-order valence-electron chi connectivity index (χ1n) is 5.45. The molecule has 0 aliphatic carbocycles. The lowest BCUT2D eigenvalue weighted by molar-refractivity contribution is 0.102. The molecule has 1 aromatic carbocycles. The van der Waals surface area contributed by atoms with Crippen molar-refractivity contribution in [2.24, 2.45) is 5.73 Å². The van der Waals surface area contributed by atoms with Crippen LogP contribution >= 0.6 is 11.3 Å². The average molecular weight is 273 g/mol. The smallest absolute Gasteiger partial charge is 0.261 e. The molecule has 0 aliphatic rings. The fourth-order valence-electron chi connectivity index (χ4n) is 1.36. The van der Waals surface area contributed by atoms with E-state index in [9.17, 15) is 9.90 Å². The van der Waals surface area contributed by atoms with Gasteiger partial charge in [0, 0.05) is 0 Å². The summed E-state index contributed by atoms with van der Waals surface area (Å²) in [5, 5.41) is 12.6. The first kappa shape index (κ1) is 13.1. The van der Waals surface area contributed by atoms with Crippen molar-refractivity contribution < 1.29 is 9.90 Å². The fraction of sp³-hybridized carbons (Fsp3) is 0.0769. The number of para-hydroxylation sites is 1. The van der Waals surface area contributed by atoms with Crippen LogP contribution in [0, 0.1) is 11.8 Å². The minimum atomic E-state index is -0.411. The second kappa shape index (κ2) is 6.00. The van der Waals surface area contributed by atoms with E-state index in [1.54, 1.807) is 18.3 Å². The highest BCUT2D eigenvalue weighted by Gasteiger charge is 2.11. The Morgan fingerprint density at radius 2 is 2.26 bits per heavy atom. The summed E-state index contributed by atoms with van der Waals surface area (Å²) in [6.07, 6.45) is 1.56. The molecule has 1 amide bonds. The van der Waals surface area contributed by atoms with Crippen molar-refractivity contribution in [3.8, 4) is 17.6 Å². The van der Waals surface area contributed by atoms with Crippen molar-refractivity contribution in [3.63, 3.8) is 0 Å². The number of hydrogen-bond donors (Lipinski definition) is 3. The number of rotatable bonds is 2. The molecule has 0 unspecified atom stereocenters. The van der Waals surface area contributed by atoms with E-state index >= 15 is 0 Å². The zero-order valence-corrected chi connectivity index (χ0v) is 10.7. The van der Waals surface area contributed by atoms with Gasteiger partial charge in [0.15, 0.2) is 5.13 Å².